The van der Waals surface area contributed by atoms with Crippen LogP contribution in [0, 0.1) is 12.3 Å². The number of carbonyl (C=O) groups is 2. The molecule has 7 heteroatoms. The van der Waals surface area contributed by atoms with E-state index in [-0.39, 0.29) is 11.3 Å². The summed E-state index contributed by atoms with van der Waals surface area (Å²) < 4.78 is 5.42. The Kier molecular flexibility index (Phi) is 6.23. The monoisotopic (exact) mass is 440 g/mol. The number of rotatable bonds is 5. The van der Waals surface area contributed by atoms with Crippen molar-refractivity contribution in [2.24, 2.45) is 5.41 Å². The number of anilines is 1. The molecule has 0 aromatic heterocycles. The second-order valence-electron chi connectivity index (χ2n) is 10.0. The second kappa shape index (κ2) is 9.12. The summed E-state index contributed by atoms with van der Waals surface area (Å²) in [5, 5.41) is 0. The maximum Gasteiger partial charge on any atom is 0.241 e. The van der Waals surface area contributed by atoms with Gasteiger partial charge in [0.2, 0.25) is 11.8 Å². The van der Waals surface area contributed by atoms with Crippen LogP contribution < -0.4 is 4.90 Å². The van der Waals surface area contributed by atoms with Crippen molar-refractivity contribution < 1.29 is 14.3 Å². The van der Waals surface area contributed by atoms with Crippen LogP contribution in [-0.2, 0) is 20.7 Å². The number of ether oxygens (including phenoxy) is 1. The SMILES string of the molecule is Cc1ccc2c(c1)CCCN2C(=O)CN1CCC2(CCN(CCN3CCOCC3)C2=O)C1. The molecule has 4 aliphatic rings. The highest BCUT2D eigenvalue weighted by atomic mass is 16.5. The van der Waals surface area contributed by atoms with Gasteiger partial charge in [-0.3, -0.25) is 19.4 Å². The molecule has 0 aliphatic carbocycles. The van der Waals surface area contributed by atoms with Gasteiger partial charge in [0, 0.05) is 51.5 Å². The van der Waals surface area contributed by atoms with Gasteiger partial charge in [-0.1, -0.05) is 17.7 Å². The highest BCUT2D eigenvalue weighted by Crippen LogP contribution is 2.40. The van der Waals surface area contributed by atoms with Crippen molar-refractivity contribution >= 4 is 17.5 Å². The van der Waals surface area contributed by atoms with Crippen LogP contribution in [-0.4, -0.2) is 98.6 Å². The normalized spacial score (nSPS) is 26.8. The topological polar surface area (TPSA) is 56.3 Å². The van der Waals surface area contributed by atoms with E-state index in [1.165, 1.54) is 11.1 Å². The summed E-state index contributed by atoms with van der Waals surface area (Å²) in [7, 11) is 0. The number of fused-ring (bicyclic) bond motifs is 1. The quantitative estimate of drug-likeness (QED) is 0.695. The lowest BCUT2D eigenvalue weighted by atomic mass is 9.85. The zero-order valence-corrected chi connectivity index (χ0v) is 19.4. The first-order valence-electron chi connectivity index (χ1n) is 12.3. The number of morpholine rings is 1. The molecule has 32 heavy (non-hydrogen) atoms. The number of amides is 2. The van der Waals surface area contributed by atoms with E-state index in [0.29, 0.717) is 12.5 Å². The largest absolute Gasteiger partial charge is 0.379 e. The minimum atomic E-state index is -0.276. The van der Waals surface area contributed by atoms with Crippen molar-refractivity contribution in [3.05, 3.63) is 29.3 Å². The first-order chi connectivity index (χ1) is 15.5. The summed E-state index contributed by atoms with van der Waals surface area (Å²) in [4.78, 5) is 35.1. The van der Waals surface area contributed by atoms with Gasteiger partial charge in [0.1, 0.15) is 0 Å². The van der Waals surface area contributed by atoms with Crippen LogP contribution >= 0.6 is 0 Å². The van der Waals surface area contributed by atoms with Crippen molar-refractivity contribution in [2.45, 2.75) is 32.6 Å². The van der Waals surface area contributed by atoms with E-state index in [4.69, 9.17) is 4.74 Å². The van der Waals surface area contributed by atoms with E-state index in [9.17, 15) is 9.59 Å². The summed E-state index contributed by atoms with van der Waals surface area (Å²) in [5.74, 6) is 0.473. The van der Waals surface area contributed by atoms with Gasteiger partial charge in [0.15, 0.2) is 0 Å². The molecule has 0 radical (unpaired) electrons. The van der Waals surface area contributed by atoms with Crippen molar-refractivity contribution in [3.8, 4) is 0 Å². The Morgan fingerprint density at radius 1 is 1.03 bits per heavy atom. The van der Waals surface area contributed by atoms with Crippen molar-refractivity contribution in [2.75, 3.05) is 77.0 Å². The number of carbonyl (C=O) groups excluding carboxylic acids is 2. The van der Waals surface area contributed by atoms with Gasteiger partial charge in [-0.2, -0.15) is 0 Å². The summed E-state index contributed by atoms with van der Waals surface area (Å²) in [5.41, 5.74) is 3.33. The fraction of sp³-hybridized carbons (Fsp3) is 0.680. The summed E-state index contributed by atoms with van der Waals surface area (Å²) >= 11 is 0. The average molecular weight is 441 g/mol. The lowest BCUT2D eigenvalue weighted by Gasteiger charge is -2.31. The fourth-order valence-electron chi connectivity index (χ4n) is 5.93. The van der Waals surface area contributed by atoms with Gasteiger partial charge in [0.25, 0.3) is 0 Å². The van der Waals surface area contributed by atoms with E-state index < -0.39 is 0 Å². The van der Waals surface area contributed by atoms with Crippen molar-refractivity contribution in [1.82, 2.24) is 14.7 Å². The number of hydrogen-bond acceptors (Lipinski definition) is 5. The molecule has 3 saturated heterocycles. The van der Waals surface area contributed by atoms with E-state index in [1.54, 1.807) is 0 Å². The highest BCUT2D eigenvalue weighted by Gasteiger charge is 2.50. The predicted octanol–water partition coefficient (Wildman–Crippen LogP) is 1.53. The van der Waals surface area contributed by atoms with E-state index in [2.05, 4.69) is 39.8 Å². The van der Waals surface area contributed by atoms with Gasteiger partial charge < -0.3 is 14.5 Å². The van der Waals surface area contributed by atoms with E-state index >= 15 is 0 Å². The molecule has 4 aliphatic heterocycles. The van der Waals surface area contributed by atoms with Crippen LogP contribution in [0.4, 0.5) is 5.69 Å². The zero-order valence-electron chi connectivity index (χ0n) is 19.4. The molecule has 4 heterocycles. The molecule has 0 N–H and O–H groups in total. The summed E-state index contributed by atoms with van der Waals surface area (Å²) in [6.45, 7) is 11.0. The lowest BCUT2D eigenvalue weighted by Crippen LogP contribution is -2.45. The average Bonchev–Trinajstić information content (AvgIpc) is 3.35. The van der Waals surface area contributed by atoms with Gasteiger partial charge in [-0.25, -0.2) is 0 Å². The Morgan fingerprint density at radius 2 is 1.84 bits per heavy atom. The number of aryl methyl sites for hydroxylation is 2. The van der Waals surface area contributed by atoms with E-state index in [1.807, 2.05) is 4.90 Å². The molecular weight excluding hydrogens is 404 g/mol. The van der Waals surface area contributed by atoms with Crippen LogP contribution in [0.2, 0.25) is 0 Å². The molecule has 0 saturated carbocycles. The molecule has 1 atom stereocenters. The molecule has 3 fully saturated rings. The number of nitrogens with zero attached hydrogens (tertiary/aromatic N) is 4. The van der Waals surface area contributed by atoms with Gasteiger partial charge in [-0.15, -0.1) is 0 Å². The van der Waals surface area contributed by atoms with Gasteiger partial charge in [0.05, 0.1) is 25.2 Å². The number of likely N-dealkylation sites (tertiary alicyclic amines) is 2. The molecule has 0 bridgehead atoms. The van der Waals surface area contributed by atoms with Crippen LogP contribution in [0.1, 0.15) is 30.4 Å². The Balaban J connectivity index is 1.16. The lowest BCUT2D eigenvalue weighted by molar-refractivity contribution is -0.136. The molecule has 5 rings (SSSR count). The Labute approximate surface area is 191 Å². The van der Waals surface area contributed by atoms with Crippen LogP contribution in [0.5, 0.6) is 0 Å². The molecule has 174 valence electrons. The smallest absolute Gasteiger partial charge is 0.241 e. The first-order valence-corrected chi connectivity index (χ1v) is 12.3. The minimum absolute atomic E-state index is 0.168. The first kappa shape index (κ1) is 21.9. The summed E-state index contributed by atoms with van der Waals surface area (Å²) in [6, 6.07) is 6.40. The highest BCUT2D eigenvalue weighted by molar-refractivity contribution is 5.96. The molecule has 1 spiro atoms. The van der Waals surface area contributed by atoms with Crippen molar-refractivity contribution in [3.63, 3.8) is 0 Å². The molecule has 7 nitrogen and oxygen atoms in total. The maximum atomic E-state index is 13.3. The predicted molar refractivity (Wildman–Crippen MR) is 124 cm³/mol. The molecule has 1 aromatic carbocycles. The third kappa shape index (κ3) is 4.30. The van der Waals surface area contributed by atoms with Crippen LogP contribution in [0.25, 0.3) is 0 Å². The standard InChI is InChI=1S/C25H36N4O3/c1-20-4-5-22-21(17-20)3-2-8-29(22)23(30)18-27-9-6-25(19-27)7-10-28(24(25)31)12-11-26-13-15-32-16-14-26/h4-5,17H,2-3,6-16,18-19H2,1H3. The third-order valence-corrected chi connectivity index (χ3v) is 7.84. The molecule has 1 aromatic rings. The Hall–Kier alpha value is -1.96. The number of benzene rings is 1. The molecule has 1 unspecified atom stereocenters. The van der Waals surface area contributed by atoms with Gasteiger partial charge >= 0.3 is 0 Å². The maximum absolute atomic E-state index is 13.3. The van der Waals surface area contributed by atoms with E-state index in [0.717, 1.165) is 96.9 Å². The minimum Gasteiger partial charge on any atom is -0.379 e. The fourth-order valence-corrected chi connectivity index (χ4v) is 5.93. The van der Waals surface area contributed by atoms with Crippen molar-refractivity contribution in [1.29, 1.82) is 0 Å². The Morgan fingerprint density at radius 3 is 2.69 bits per heavy atom. The second-order valence-corrected chi connectivity index (χ2v) is 10.0. The van der Waals surface area contributed by atoms with Crippen LogP contribution in [0.15, 0.2) is 18.2 Å². The molecule has 2 amide bonds. The molecular formula is C25H36N4O3. The van der Waals surface area contributed by atoms with Gasteiger partial charge in [-0.05, 0) is 50.8 Å². The van der Waals surface area contributed by atoms with Crippen LogP contribution in [0.3, 0.4) is 0 Å². The number of hydrogen-bond donors (Lipinski definition) is 0. The summed E-state index contributed by atoms with van der Waals surface area (Å²) in [6.07, 6.45) is 3.86. The Bertz CT molecular complexity index is 869. The zero-order chi connectivity index (χ0) is 22.1. The third-order valence-electron chi connectivity index (χ3n) is 7.84.